The molecule has 1 aromatic carbocycles. The van der Waals surface area contributed by atoms with Crippen molar-refractivity contribution in [3.63, 3.8) is 0 Å². The molecule has 2 aliphatic rings. The van der Waals surface area contributed by atoms with Gasteiger partial charge in [-0.25, -0.2) is 8.78 Å². The first-order valence-electron chi connectivity index (χ1n) is 6.75. The smallest absolute Gasteiger partial charge is 0.172 e. The van der Waals surface area contributed by atoms with Crippen LogP contribution in [0.5, 0.6) is 0 Å². The zero-order chi connectivity index (χ0) is 13.6. The Labute approximate surface area is 111 Å². The molecule has 1 unspecified atom stereocenters. The van der Waals surface area contributed by atoms with Crippen molar-refractivity contribution in [3.8, 4) is 0 Å². The molecule has 1 N–H and O–H groups in total. The van der Waals surface area contributed by atoms with E-state index in [1.165, 1.54) is 12.1 Å². The van der Waals surface area contributed by atoms with Crippen LogP contribution in [0, 0.1) is 29.9 Å². The fourth-order valence-corrected chi connectivity index (χ4v) is 3.25. The molecule has 1 aromatic rings. The van der Waals surface area contributed by atoms with Gasteiger partial charge in [0.25, 0.3) is 0 Å². The van der Waals surface area contributed by atoms with Crippen LogP contribution in [-0.2, 0) is 0 Å². The lowest BCUT2D eigenvalue weighted by atomic mass is 9.89. The van der Waals surface area contributed by atoms with Crippen molar-refractivity contribution in [2.24, 2.45) is 11.3 Å². The Hall–Kier alpha value is -1.29. The lowest BCUT2D eigenvalue weighted by Gasteiger charge is -2.23. The molecule has 1 heterocycles. The van der Waals surface area contributed by atoms with Crippen LogP contribution in [0.4, 0.5) is 8.78 Å². The minimum absolute atomic E-state index is 0.00492. The maximum atomic E-state index is 14.0. The normalized spacial score (nSPS) is 24.5. The molecule has 1 atom stereocenters. The lowest BCUT2D eigenvalue weighted by Crippen LogP contribution is -2.31. The number of carbonyl (C=O) groups is 1. The van der Waals surface area contributed by atoms with Crippen molar-refractivity contribution in [2.75, 3.05) is 13.1 Å². The van der Waals surface area contributed by atoms with Gasteiger partial charge < -0.3 is 5.32 Å². The highest BCUT2D eigenvalue weighted by Crippen LogP contribution is 2.59. The van der Waals surface area contributed by atoms with E-state index < -0.39 is 11.6 Å². The van der Waals surface area contributed by atoms with E-state index in [1.807, 2.05) is 0 Å². The van der Waals surface area contributed by atoms with E-state index >= 15 is 0 Å². The van der Waals surface area contributed by atoms with E-state index in [0.717, 1.165) is 32.4 Å². The summed E-state index contributed by atoms with van der Waals surface area (Å²) in [5.41, 5.74) is -0.00418. The van der Waals surface area contributed by atoms with E-state index in [4.69, 9.17) is 0 Å². The van der Waals surface area contributed by atoms with Crippen LogP contribution in [0.3, 0.4) is 0 Å². The highest BCUT2D eigenvalue weighted by atomic mass is 19.1. The highest BCUT2D eigenvalue weighted by molar-refractivity contribution is 6.00. The van der Waals surface area contributed by atoms with Crippen LogP contribution >= 0.6 is 0 Å². The minimum Gasteiger partial charge on any atom is -0.317 e. The maximum Gasteiger partial charge on any atom is 0.172 e. The second-order valence-corrected chi connectivity index (χ2v) is 5.79. The second kappa shape index (κ2) is 4.37. The van der Waals surface area contributed by atoms with Gasteiger partial charge >= 0.3 is 0 Å². The van der Waals surface area contributed by atoms with Crippen LogP contribution in [-0.4, -0.2) is 18.9 Å². The van der Waals surface area contributed by atoms with Gasteiger partial charge in [0.05, 0.1) is 5.56 Å². The molecule has 1 saturated carbocycles. The number of carbonyl (C=O) groups excluding carboxylic acids is 1. The van der Waals surface area contributed by atoms with Crippen LogP contribution in [0.2, 0.25) is 0 Å². The van der Waals surface area contributed by atoms with Crippen molar-refractivity contribution in [3.05, 3.63) is 34.9 Å². The maximum absolute atomic E-state index is 14.0. The van der Waals surface area contributed by atoms with Crippen molar-refractivity contribution in [1.29, 1.82) is 0 Å². The van der Waals surface area contributed by atoms with Crippen LogP contribution in [0.1, 0.15) is 35.2 Å². The molecule has 1 saturated heterocycles. The number of ketones is 1. The van der Waals surface area contributed by atoms with Gasteiger partial charge in [0, 0.05) is 5.92 Å². The topological polar surface area (TPSA) is 29.1 Å². The van der Waals surface area contributed by atoms with Crippen molar-refractivity contribution in [1.82, 2.24) is 5.32 Å². The summed E-state index contributed by atoms with van der Waals surface area (Å²) in [6.45, 7) is 3.34. The number of Topliss-reactive ketones (excluding diaryl/α,β-unsaturated/α-hetero) is 1. The molecule has 2 nitrogen and oxygen atoms in total. The number of hydrogen-bond donors (Lipinski definition) is 1. The molecule has 3 rings (SSSR count). The van der Waals surface area contributed by atoms with Crippen LogP contribution in [0.15, 0.2) is 12.1 Å². The third kappa shape index (κ3) is 1.98. The Bertz CT molecular complexity index is 535. The first-order valence-corrected chi connectivity index (χ1v) is 6.75. The number of aryl methyl sites for hydroxylation is 1. The zero-order valence-corrected chi connectivity index (χ0v) is 10.9. The quantitative estimate of drug-likeness (QED) is 0.833. The fraction of sp³-hybridized carbons (Fsp3) is 0.533. The SMILES string of the molecule is Cc1ccc(F)c(C(=O)C2CC23CCNCC3)c1F. The predicted molar refractivity (Wildman–Crippen MR) is 68.1 cm³/mol. The van der Waals surface area contributed by atoms with E-state index in [0.29, 0.717) is 5.56 Å². The van der Waals surface area contributed by atoms with E-state index in [1.54, 1.807) is 6.92 Å². The van der Waals surface area contributed by atoms with E-state index in [-0.39, 0.29) is 22.7 Å². The molecule has 102 valence electrons. The summed E-state index contributed by atoms with van der Waals surface area (Å²) in [5.74, 6) is -1.97. The molecule has 19 heavy (non-hydrogen) atoms. The number of nitrogens with one attached hydrogen (secondary N) is 1. The van der Waals surface area contributed by atoms with Crippen molar-refractivity contribution in [2.45, 2.75) is 26.2 Å². The first kappa shape index (κ1) is 12.7. The molecular weight excluding hydrogens is 248 g/mol. The van der Waals surface area contributed by atoms with E-state index in [2.05, 4.69) is 5.32 Å². The summed E-state index contributed by atoms with van der Waals surface area (Å²) in [5, 5.41) is 3.25. The van der Waals surface area contributed by atoms with Gasteiger partial charge in [-0.2, -0.15) is 0 Å². The van der Waals surface area contributed by atoms with Gasteiger partial charge in [-0.3, -0.25) is 4.79 Å². The Morgan fingerprint density at radius 2 is 2.00 bits per heavy atom. The van der Waals surface area contributed by atoms with Gasteiger partial charge in [0.15, 0.2) is 5.78 Å². The van der Waals surface area contributed by atoms with Crippen molar-refractivity contribution < 1.29 is 13.6 Å². The first-order chi connectivity index (χ1) is 9.05. The molecule has 1 spiro atoms. The number of benzene rings is 1. The zero-order valence-electron chi connectivity index (χ0n) is 10.9. The molecule has 0 radical (unpaired) electrons. The number of halogens is 2. The molecule has 1 aliphatic carbocycles. The van der Waals surface area contributed by atoms with Crippen LogP contribution in [0.25, 0.3) is 0 Å². The summed E-state index contributed by atoms with van der Waals surface area (Å²) < 4.78 is 27.7. The standard InChI is InChI=1S/C15H17F2NO/c1-9-2-3-11(16)12(13(9)17)14(19)10-8-15(10)4-6-18-7-5-15/h2-3,10,18H,4-8H2,1H3. The summed E-state index contributed by atoms with van der Waals surface area (Å²) in [6.07, 6.45) is 2.64. The number of rotatable bonds is 2. The monoisotopic (exact) mass is 265 g/mol. The van der Waals surface area contributed by atoms with Gasteiger partial charge in [-0.15, -0.1) is 0 Å². The molecule has 0 bridgehead atoms. The Morgan fingerprint density at radius 1 is 1.32 bits per heavy atom. The Morgan fingerprint density at radius 3 is 2.68 bits per heavy atom. The van der Waals surface area contributed by atoms with Gasteiger partial charge in [0.2, 0.25) is 0 Å². The number of hydrogen-bond acceptors (Lipinski definition) is 2. The Kier molecular flexibility index (Phi) is 2.93. The average molecular weight is 265 g/mol. The molecule has 4 heteroatoms. The van der Waals surface area contributed by atoms with Crippen molar-refractivity contribution >= 4 is 5.78 Å². The summed E-state index contributed by atoms with van der Waals surface area (Å²) >= 11 is 0. The summed E-state index contributed by atoms with van der Waals surface area (Å²) in [6, 6.07) is 2.55. The molecular formula is C15H17F2NO. The summed E-state index contributed by atoms with van der Waals surface area (Å²) in [7, 11) is 0. The molecule has 0 amide bonds. The number of piperidine rings is 1. The third-order valence-corrected chi connectivity index (χ3v) is 4.64. The third-order valence-electron chi connectivity index (χ3n) is 4.64. The molecule has 0 aromatic heterocycles. The highest BCUT2D eigenvalue weighted by Gasteiger charge is 2.58. The predicted octanol–water partition coefficient (Wildman–Crippen LogP) is 2.85. The fourth-order valence-electron chi connectivity index (χ4n) is 3.25. The second-order valence-electron chi connectivity index (χ2n) is 5.79. The molecule has 1 aliphatic heterocycles. The molecule has 2 fully saturated rings. The summed E-state index contributed by atoms with van der Waals surface area (Å²) in [4.78, 5) is 12.4. The Balaban J connectivity index is 1.88. The largest absolute Gasteiger partial charge is 0.317 e. The lowest BCUT2D eigenvalue weighted by molar-refractivity contribution is 0.0932. The minimum atomic E-state index is -0.732. The average Bonchev–Trinajstić information content (AvgIpc) is 3.09. The van der Waals surface area contributed by atoms with Gasteiger partial charge in [0.1, 0.15) is 11.6 Å². The van der Waals surface area contributed by atoms with E-state index in [9.17, 15) is 13.6 Å². The van der Waals surface area contributed by atoms with Crippen LogP contribution < -0.4 is 5.32 Å². The van der Waals surface area contributed by atoms with Gasteiger partial charge in [-0.05, 0) is 56.3 Å². The van der Waals surface area contributed by atoms with Gasteiger partial charge in [-0.1, -0.05) is 6.07 Å².